The summed E-state index contributed by atoms with van der Waals surface area (Å²) in [5.41, 5.74) is 7.34. The molecule has 1 fully saturated rings. The Morgan fingerprint density at radius 3 is 1.32 bits per heavy atom. The predicted molar refractivity (Wildman–Crippen MR) is 171 cm³/mol. The lowest BCUT2D eigenvalue weighted by Gasteiger charge is -2.32. The standard InChI is InChI=1S/C36H31BN2O2/c1-35(2)36(3,4)41-37(40-35)24-17-22-34-30(23-24)29-13-7-10-16-33(29)39(34)26-20-18-25(19-21-26)38-31-14-8-5-11-27(31)28-12-6-9-15-32(28)38/h5-23H,1-4H3. The van der Waals surface area contributed by atoms with Crippen LogP contribution in [0.25, 0.3) is 55.0 Å². The summed E-state index contributed by atoms with van der Waals surface area (Å²) in [6.45, 7) is 8.39. The Kier molecular flexibility index (Phi) is 5.13. The first-order valence-electron chi connectivity index (χ1n) is 14.3. The Morgan fingerprint density at radius 1 is 0.463 bits per heavy atom. The molecular formula is C36H31BN2O2. The highest BCUT2D eigenvalue weighted by molar-refractivity contribution is 6.62. The van der Waals surface area contributed by atoms with Crippen LogP contribution < -0.4 is 5.46 Å². The SMILES string of the molecule is CC1(C)OB(c2ccc3c(c2)c2ccccc2n3-c2ccc(-n3c4ccccc4c4ccccc43)cc2)OC1(C)C. The summed E-state index contributed by atoms with van der Waals surface area (Å²) < 4.78 is 17.5. The van der Waals surface area contributed by atoms with Crippen LogP contribution in [-0.2, 0) is 9.31 Å². The Labute approximate surface area is 239 Å². The molecule has 0 radical (unpaired) electrons. The maximum atomic E-state index is 6.38. The van der Waals surface area contributed by atoms with Gasteiger partial charge in [0, 0.05) is 32.9 Å². The Bertz CT molecular complexity index is 2050. The van der Waals surface area contributed by atoms with Crippen molar-refractivity contribution in [2.75, 3.05) is 0 Å². The lowest BCUT2D eigenvalue weighted by molar-refractivity contribution is 0.00578. The number of hydrogen-bond acceptors (Lipinski definition) is 2. The third-order valence-corrected chi connectivity index (χ3v) is 9.17. The molecule has 0 unspecified atom stereocenters. The van der Waals surface area contributed by atoms with E-state index in [4.69, 9.17) is 9.31 Å². The van der Waals surface area contributed by atoms with Crippen LogP contribution in [0.4, 0.5) is 0 Å². The van der Waals surface area contributed by atoms with E-state index in [1.807, 2.05) is 0 Å². The van der Waals surface area contributed by atoms with Crippen molar-refractivity contribution < 1.29 is 9.31 Å². The van der Waals surface area contributed by atoms with Crippen LogP contribution in [0.1, 0.15) is 27.7 Å². The molecule has 2 aromatic heterocycles. The average Bonchev–Trinajstić information content (AvgIpc) is 3.57. The monoisotopic (exact) mass is 534 g/mol. The van der Waals surface area contributed by atoms with Gasteiger partial charge in [0.2, 0.25) is 0 Å². The summed E-state index contributed by atoms with van der Waals surface area (Å²) >= 11 is 0. The zero-order valence-electron chi connectivity index (χ0n) is 23.8. The summed E-state index contributed by atoms with van der Waals surface area (Å²) in [6.07, 6.45) is 0. The smallest absolute Gasteiger partial charge is 0.399 e. The summed E-state index contributed by atoms with van der Waals surface area (Å²) in [7, 11) is -0.392. The molecule has 0 bridgehead atoms. The highest BCUT2D eigenvalue weighted by Gasteiger charge is 2.51. The van der Waals surface area contributed by atoms with E-state index in [0.29, 0.717) is 0 Å². The molecule has 4 nitrogen and oxygen atoms in total. The third kappa shape index (κ3) is 3.56. The van der Waals surface area contributed by atoms with Gasteiger partial charge in [-0.15, -0.1) is 0 Å². The molecule has 0 aliphatic carbocycles. The van der Waals surface area contributed by atoms with Gasteiger partial charge in [0.25, 0.3) is 0 Å². The van der Waals surface area contributed by atoms with Crippen LogP contribution in [-0.4, -0.2) is 27.5 Å². The molecule has 1 aliphatic rings. The summed E-state index contributed by atoms with van der Waals surface area (Å²) in [5.74, 6) is 0. The van der Waals surface area contributed by atoms with Gasteiger partial charge in [0.05, 0.1) is 33.3 Å². The van der Waals surface area contributed by atoms with Gasteiger partial charge in [0.15, 0.2) is 0 Å². The maximum Gasteiger partial charge on any atom is 0.494 e. The molecule has 1 saturated heterocycles. The van der Waals surface area contributed by atoms with E-state index in [1.165, 1.54) is 38.1 Å². The number of hydrogen-bond donors (Lipinski definition) is 0. The maximum absolute atomic E-state index is 6.38. The molecule has 0 atom stereocenters. The van der Waals surface area contributed by atoms with Crippen LogP contribution in [0.3, 0.4) is 0 Å². The fraction of sp³-hybridized carbons (Fsp3) is 0.167. The van der Waals surface area contributed by atoms with E-state index in [0.717, 1.165) is 22.4 Å². The van der Waals surface area contributed by atoms with Gasteiger partial charge in [0.1, 0.15) is 0 Å². The zero-order chi connectivity index (χ0) is 27.9. The molecule has 5 aromatic carbocycles. The number of benzene rings is 5. The number of para-hydroxylation sites is 3. The normalized spacial score (nSPS) is 16.4. The fourth-order valence-electron chi connectivity index (χ4n) is 6.35. The topological polar surface area (TPSA) is 28.3 Å². The number of rotatable bonds is 3. The van der Waals surface area contributed by atoms with Crippen LogP contribution >= 0.6 is 0 Å². The molecule has 0 N–H and O–H groups in total. The largest absolute Gasteiger partial charge is 0.494 e. The number of nitrogens with zero attached hydrogens (tertiary/aromatic N) is 2. The molecule has 0 spiro atoms. The van der Waals surface area contributed by atoms with E-state index < -0.39 is 7.12 Å². The average molecular weight is 534 g/mol. The zero-order valence-corrected chi connectivity index (χ0v) is 23.8. The molecule has 8 rings (SSSR count). The van der Waals surface area contributed by atoms with Crippen molar-refractivity contribution in [3.8, 4) is 11.4 Å². The van der Waals surface area contributed by atoms with Gasteiger partial charge in [-0.25, -0.2) is 0 Å². The van der Waals surface area contributed by atoms with Gasteiger partial charge in [-0.05, 0) is 81.7 Å². The van der Waals surface area contributed by atoms with Gasteiger partial charge in [-0.3, -0.25) is 0 Å². The molecule has 0 saturated carbocycles. The van der Waals surface area contributed by atoms with Crippen LogP contribution in [0.2, 0.25) is 0 Å². The summed E-state index contributed by atoms with van der Waals surface area (Å²) in [4.78, 5) is 0. The van der Waals surface area contributed by atoms with Crippen molar-refractivity contribution in [2.24, 2.45) is 0 Å². The molecule has 5 heteroatoms. The lowest BCUT2D eigenvalue weighted by Crippen LogP contribution is -2.41. The fourth-order valence-corrected chi connectivity index (χ4v) is 6.35. The first-order chi connectivity index (χ1) is 19.8. The molecule has 3 heterocycles. The van der Waals surface area contributed by atoms with E-state index in [9.17, 15) is 0 Å². The predicted octanol–water partition coefficient (Wildman–Crippen LogP) is 8.18. The molecule has 1 aliphatic heterocycles. The minimum absolute atomic E-state index is 0.376. The van der Waals surface area contributed by atoms with E-state index in [2.05, 4.69) is 152 Å². The molecule has 200 valence electrons. The second-order valence-electron chi connectivity index (χ2n) is 12.1. The minimum Gasteiger partial charge on any atom is -0.399 e. The Hall–Kier alpha value is -4.32. The van der Waals surface area contributed by atoms with Gasteiger partial charge < -0.3 is 18.4 Å². The second kappa shape index (κ2) is 8.59. The first-order valence-corrected chi connectivity index (χ1v) is 14.3. The highest BCUT2D eigenvalue weighted by atomic mass is 16.7. The first kappa shape index (κ1) is 24.5. The van der Waals surface area contributed by atoms with Crippen LogP contribution in [0, 0.1) is 0 Å². The van der Waals surface area contributed by atoms with Crippen molar-refractivity contribution in [3.05, 3.63) is 115 Å². The van der Waals surface area contributed by atoms with Crippen molar-refractivity contribution in [1.29, 1.82) is 0 Å². The molecule has 7 aromatic rings. The van der Waals surface area contributed by atoms with E-state index in [-0.39, 0.29) is 11.2 Å². The molecule has 41 heavy (non-hydrogen) atoms. The van der Waals surface area contributed by atoms with Crippen molar-refractivity contribution in [3.63, 3.8) is 0 Å². The van der Waals surface area contributed by atoms with Crippen molar-refractivity contribution >= 4 is 56.2 Å². The summed E-state index contributed by atoms with van der Waals surface area (Å²) in [5, 5.41) is 4.95. The van der Waals surface area contributed by atoms with Gasteiger partial charge in [-0.1, -0.05) is 66.7 Å². The van der Waals surface area contributed by atoms with Gasteiger partial charge >= 0.3 is 7.12 Å². The Morgan fingerprint density at radius 2 is 0.854 bits per heavy atom. The minimum atomic E-state index is -0.392. The molecule has 0 amide bonds. The van der Waals surface area contributed by atoms with Crippen molar-refractivity contribution in [1.82, 2.24) is 9.13 Å². The van der Waals surface area contributed by atoms with E-state index >= 15 is 0 Å². The number of fused-ring (bicyclic) bond motifs is 6. The second-order valence-corrected chi connectivity index (χ2v) is 12.1. The van der Waals surface area contributed by atoms with E-state index in [1.54, 1.807) is 0 Å². The molecular weight excluding hydrogens is 503 g/mol. The van der Waals surface area contributed by atoms with Gasteiger partial charge in [-0.2, -0.15) is 0 Å². The number of aromatic nitrogens is 2. The Balaban J connectivity index is 1.26. The quantitative estimate of drug-likeness (QED) is 0.214. The van der Waals surface area contributed by atoms with Crippen LogP contribution in [0.15, 0.2) is 115 Å². The van der Waals surface area contributed by atoms with Crippen LogP contribution in [0.5, 0.6) is 0 Å². The third-order valence-electron chi connectivity index (χ3n) is 9.17. The van der Waals surface area contributed by atoms with Crippen molar-refractivity contribution in [2.45, 2.75) is 38.9 Å². The highest BCUT2D eigenvalue weighted by Crippen LogP contribution is 2.38. The summed E-state index contributed by atoms with van der Waals surface area (Å²) in [6, 6.07) is 41.4. The lowest BCUT2D eigenvalue weighted by atomic mass is 9.78.